The van der Waals surface area contributed by atoms with E-state index in [2.05, 4.69) is 15.3 Å². The normalized spacial score (nSPS) is 10.7. The van der Waals surface area contributed by atoms with E-state index >= 15 is 0 Å². The monoisotopic (exact) mass is 265 g/mol. The van der Waals surface area contributed by atoms with E-state index in [1.54, 1.807) is 12.4 Å². The van der Waals surface area contributed by atoms with E-state index in [4.69, 9.17) is 0 Å². The third-order valence-corrected chi connectivity index (χ3v) is 3.33. The summed E-state index contributed by atoms with van der Waals surface area (Å²) in [6.07, 6.45) is 3.43. The smallest absolute Gasteiger partial charge is 0.267 e. The van der Waals surface area contributed by atoms with Crippen LogP contribution in [0.25, 0.3) is 10.9 Å². The maximum Gasteiger partial charge on any atom is 0.267 e. The molecule has 1 amide bonds. The van der Waals surface area contributed by atoms with Crippen LogP contribution in [-0.2, 0) is 6.54 Å². The van der Waals surface area contributed by atoms with Gasteiger partial charge >= 0.3 is 0 Å². The maximum atomic E-state index is 12.1. The van der Waals surface area contributed by atoms with Crippen LogP contribution in [0.2, 0.25) is 0 Å². The summed E-state index contributed by atoms with van der Waals surface area (Å²) in [6, 6.07) is 11.7. The highest BCUT2D eigenvalue weighted by Gasteiger charge is 2.09. The lowest BCUT2D eigenvalue weighted by Crippen LogP contribution is -2.23. The van der Waals surface area contributed by atoms with Gasteiger partial charge in [-0.2, -0.15) is 0 Å². The number of pyridine rings is 1. The molecule has 4 heteroatoms. The van der Waals surface area contributed by atoms with Crippen LogP contribution < -0.4 is 5.32 Å². The van der Waals surface area contributed by atoms with Crippen molar-refractivity contribution in [3.8, 4) is 0 Å². The summed E-state index contributed by atoms with van der Waals surface area (Å²) in [5.74, 6) is -0.0996. The Morgan fingerprint density at radius 3 is 2.80 bits per heavy atom. The first-order valence-corrected chi connectivity index (χ1v) is 6.49. The highest BCUT2D eigenvalue weighted by atomic mass is 16.1. The minimum Gasteiger partial charge on any atom is -0.351 e. The van der Waals surface area contributed by atoms with Gasteiger partial charge in [-0.3, -0.25) is 9.78 Å². The van der Waals surface area contributed by atoms with Crippen molar-refractivity contribution in [2.24, 2.45) is 0 Å². The van der Waals surface area contributed by atoms with Gasteiger partial charge in [-0.15, -0.1) is 0 Å². The van der Waals surface area contributed by atoms with Crippen LogP contribution in [0.1, 0.15) is 21.6 Å². The maximum absolute atomic E-state index is 12.1. The fourth-order valence-electron chi connectivity index (χ4n) is 2.21. The number of fused-ring (bicyclic) bond motifs is 1. The van der Waals surface area contributed by atoms with Crippen LogP contribution >= 0.6 is 0 Å². The molecule has 0 saturated heterocycles. The average Bonchev–Trinajstić information content (AvgIpc) is 2.91. The molecule has 0 unspecified atom stereocenters. The number of nitrogens with one attached hydrogen (secondary N) is 2. The topological polar surface area (TPSA) is 57.8 Å². The van der Waals surface area contributed by atoms with Crippen molar-refractivity contribution in [1.29, 1.82) is 0 Å². The van der Waals surface area contributed by atoms with Crippen LogP contribution in [0.15, 0.2) is 48.8 Å². The Bertz CT molecular complexity index is 747. The Balaban J connectivity index is 1.77. The number of aromatic amines is 1. The largest absolute Gasteiger partial charge is 0.351 e. The van der Waals surface area contributed by atoms with Crippen molar-refractivity contribution in [2.75, 3.05) is 0 Å². The first-order valence-electron chi connectivity index (χ1n) is 6.49. The average molecular weight is 265 g/mol. The highest BCUT2D eigenvalue weighted by molar-refractivity contribution is 5.98. The summed E-state index contributed by atoms with van der Waals surface area (Å²) in [5, 5.41) is 3.98. The molecule has 20 heavy (non-hydrogen) atoms. The zero-order valence-electron chi connectivity index (χ0n) is 11.2. The molecule has 0 atom stereocenters. The summed E-state index contributed by atoms with van der Waals surface area (Å²) in [6.45, 7) is 2.53. The van der Waals surface area contributed by atoms with Crippen molar-refractivity contribution in [2.45, 2.75) is 13.5 Å². The molecule has 0 aliphatic carbocycles. The molecular formula is C16H15N3O. The van der Waals surface area contributed by atoms with Crippen molar-refractivity contribution >= 4 is 16.8 Å². The van der Waals surface area contributed by atoms with E-state index in [1.807, 2.05) is 43.3 Å². The van der Waals surface area contributed by atoms with E-state index in [-0.39, 0.29) is 5.91 Å². The molecule has 0 radical (unpaired) electrons. The number of hydrogen-bond donors (Lipinski definition) is 2. The molecule has 3 rings (SSSR count). The number of carbonyl (C=O) groups excluding carboxylic acids is 1. The Morgan fingerprint density at radius 1 is 1.25 bits per heavy atom. The molecule has 0 aliphatic rings. The number of nitrogens with zero attached hydrogens (tertiary/aromatic N) is 1. The molecule has 2 heterocycles. The third-order valence-electron chi connectivity index (χ3n) is 3.33. The van der Waals surface area contributed by atoms with Gasteiger partial charge in [0.1, 0.15) is 5.69 Å². The summed E-state index contributed by atoms with van der Waals surface area (Å²) in [4.78, 5) is 19.2. The van der Waals surface area contributed by atoms with Crippen molar-refractivity contribution < 1.29 is 4.79 Å². The van der Waals surface area contributed by atoms with E-state index in [0.29, 0.717) is 12.2 Å². The second kappa shape index (κ2) is 5.17. The molecular weight excluding hydrogens is 250 g/mol. The second-order valence-electron chi connectivity index (χ2n) is 4.76. The standard InChI is InChI=1S/C16H15N3O/c1-11-3-2-4-14-13(11)9-15(19-14)16(20)18-10-12-5-7-17-8-6-12/h2-9,19H,10H2,1H3,(H,18,20). The molecule has 0 fully saturated rings. The summed E-state index contributed by atoms with van der Waals surface area (Å²) >= 11 is 0. The van der Waals surface area contributed by atoms with E-state index < -0.39 is 0 Å². The fourth-order valence-corrected chi connectivity index (χ4v) is 2.21. The molecule has 2 N–H and O–H groups in total. The Hall–Kier alpha value is -2.62. The molecule has 1 aromatic carbocycles. The Morgan fingerprint density at radius 2 is 2.05 bits per heavy atom. The molecule has 0 bridgehead atoms. The molecule has 4 nitrogen and oxygen atoms in total. The predicted octanol–water partition coefficient (Wildman–Crippen LogP) is 2.80. The number of H-pyrrole nitrogens is 1. The summed E-state index contributed by atoms with van der Waals surface area (Å²) < 4.78 is 0. The fraction of sp³-hybridized carbons (Fsp3) is 0.125. The molecule has 100 valence electrons. The number of aryl methyl sites for hydroxylation is 1. The minimum atomic E-state index is -0.0996. The zero-order valence-corrected chi connectivity index (χ0v) is 11.2. The molecule has 3 aromatic rings. The molecule has 2 aromatic heterocycles. The van der Waals surface area contributed by atoms with E-state index in [0.717, 1.165) is 22.0 Å². The van der Waals surface area contributed by atoms with Crippen LogP contribution in [0.4, 0.5) is 0 Å². The third kappa shape index (κ3) is 2.40. The summed E-state index contributed by atoms with van der Waals surface area (Å²) in [5.41, 5.74) is 3.76. The van der Waals surface area contributed by atoms with Crippen LogP contribution in [0.5, 0.6) is 0 Å². The van der Waals surface area contributed by atoms with Crippen LogP contribution in [-0.4, -0.2) is 15.9 Å². The van der Waals surface area contributed by atoms with Crippen LogP contribution in [0, 0.1) is 6.92 Å². The van der Waals surface area contributed by atoms with Gasteiger partial charge in [-0.05, 0) is 42.3 Å². The Labute approximate surface area is 116 Å². The number of hydrogen-bond acceptors (Lipinski definition) is 2. The number of rotatable bonds is 3. The van der Waals surface area contributed by atoms with Gasteiger partial charge in [0.2, 0.25) is 0 Å². The SMILES string of the molecule is Cc1cccc2[nH]c(C(=O)NCc3ccncc3)cc12. The van der Waals surface area contributed by atoms with E-state index in [9.17, 15) is 4.79 Å². The zero-order chi connectivity index (χ0) is 13.9. The lowest BCUT2D eigenvalue weighted by molar-refractivity contribution is 0.0947. The predicted molar refractivity (Wildman–Crippen MR) is 78.4 cm³/mol. The van der Waals surface area contributed by atoms with Gasteiger partial charge in [-0.25, -0.2) is 0 Å². The van der Waals surface area contributed by atoms with Gasteiger partial charge in [0.25, 0.3) is 5.91 Å². The van der Waals surface area contributed by atoms with Gasteiger partial charge in [0, 0.05) is 29.8 Å². The quantitative estimate of drug-likeness (QED) is 0.765. The highest BCUT2D eigenvalue weighted by Crippen LogP contribution is 2.19. The first-order chi connectivity index (χ1) is 9.74. The lowest BCUT2D eigenvalue weighted by atomic mass is 10.1. The number of aromatic nitrogens is 2. The Kier molecular flexibility index (Phi) is 3.21. The van der Waals surface area contributed by atoms with Crippen molar-refractivity contribution in [3.63, 3.8) is 0 Å². The number of amides is 1. The minimum absolute atomic E-state index is 0.0996. The summed E-state index contributed by atoms with van der Waals surface area (Å²) in [7, 11) is 0. The van der Waals surface area contributed by atoms with E-state index in [1.165, 1.54) is 0 Å². The van der Waals surface area contributed by atoms with Crippen molar-refractivity contribution in [1.82, 2.24) is 15.3 Å². The molecule has 0 aliphatic heterocycles. The van der Waals surface area contributed by atoms with Gasteiger partial charge < -0.3 is 10.3 Å². The molecule has 0 saturated carbocycles. The second-order valence-corrected chi connectivity index (χ2v) is 4.76. The number of benzene rings is 1. The first kappa shape index (κ1) is 12.4. The van der Waals surface area contributed by atoms with Gasteiger partial charge in [0.15, 0.2) is 0 Å². The lowest BCUT2D eigenvalue weighted by Gasteiger charge is -2.03. The van der Waals surface area contributed by atoms with Crippen LogP contribution in [0.3, 0.4) is 0 Å². The van der Waals surface area contributed by atoms with Gasteiger partial charge in [-0.1, -0.05) is 12.1 Å². The van der Waals surface area contributed by atoms with Crippen molar-refractivity contribution in [3.05, 3.63) is 65.6 Å². The van der Waals surface area contributed by atoms with Gasteiger partial charge in [0.05, 0.1) is 0 Å². The molecule has 0 spiro atoms. The number of carbonyl (C=O) groups is 1.